The lowest BCUT2D eigenvalue weighted by molar-refractivity contribution is -0.142. The lowest BCUT2D eigenvalue weighted by Gasteiger charge is -2.24. The van der Waals surface area contributed by atoms with Gasteiger partial charge in [-0.1, -0.05) is 0 Å². The second kappa shape index (κ2) is 6.67. The van der Waals surface area contributed by atoms with Gasteiger partial charge in [-0.3, -0.25) is 4.79 Å². The van der Waals surface area contributed by atoms with Gasteiger partial charge in [-0.05, 0) is 6.92 Å². The van der Waals surface area contributed by atoms with Crippen LogP contribution in [0.15, 0.2) is 0 Å². The maximum Gasteiger partial charge on any atom is 0.255 e. The van der Waals surface area contributed by atoms with Gasteiger partial charge in [-0.15, -0.1) is 0 Å². The quantitative estimate of drug-likeness (QED) is 0.675. The summed E-state index contributed by atoms with van der Waals surface area (Å²) in [4.78, 5) is 12.4. The third-order valence-electron chi connectivity index (χ3n) is 1.77. The molecule has 0 aromatic rings. The first-order valence-corrected chi connectivity index (χ1v) is 4.32. The van der Waals surface area contributed by atoms with Gasteiger partial charge >= 0.3 is 0 Å². The first-order valence-electron chi connectivity index (χ1n) is 4.32. The van der Waals surface area contributed by atoms with Crippen LogP contribution in [0.5, 0.6) is 0 Å². The second-order valence-corrected chi connectivity index (χ2v) is 2.84. The molecule has 0 fully saturated rings. The van der Waals surface area contributed by atoms with E-state index >= 15 is 0 Å². The number of halogens is 2. The van der Waals surface area contributed by atoms with Gasteiger partial charge in [0.1, 0.15) is 6.10 Å². The van der Waals surface area contributed by atoms with Crippen LogP contribution >= 0.6 is 0 Å². The molecule has 0 aliphatic carbocycles. The summed E-state index contributed by atoms with van der Waals surface area (Å²) in [5, 5.41) is 0. The highest BCUT2D eigenvalue weighted by Gasteiger charge is 2.22. The molecule has 0 bridgehead atoms. The van der Waals surface area contributed by atoms with Gasteiger partial charge in [0.05, 0.1) is 6.54 Å². The number of alkyl halides is 2. The molecule has 84 valence electrons. The highest BCUT2D eigenvalue weighted by atomic mass is 19.3. The number of ether oxygens (including phenoxy) is 1. The number of hydrogen-bond acceptors (Lipinski definition) is 3. The molecule has 0 saturated heterocycles. The van der Waals surface area contributed by atoms with E-state index in [4.69, 9.17) is 10.5 Å². The van der Waals surface area contributed by atoms with Gasteiger partial charge in [0.25, 0.3) is 12.3 Å². The zero-order valence-corrected chi connectivity index (χ0v) is 8.37. The Morgan fingerprint density at radius 2 is 2.14 bits per heavy atom. The lowest BCUT2D eigenvalue weighted by Crippen LogP contribution is -2.43. The summed E-state index contributed by atoms with van der Waals surface area (Å²) in [5.41, 5.74) is 5.20. The molecule has 6 heteroatoms. The van der Waals surface area contributed by atoms with Crippen molar-refractivity contribution in [1.82, 2.24) is 4.90 Å². The van der Waals surface area contributed by atoms with Gasteiger partial charge in [-0.2, -0.15) is 0 Å². The summed E-state index contributed by atoms with van der Waals surface area (Å²) in [6.45, 7) is 1.20. The van der Waals surface area contributed by atoms with E-state index in [-0.39, 0.29) is 13.1 Å². The summed E-state index contributed by atoms with van der Waals surface area (Å²) >= 11 is 0. The number of nitrogens with two attached hydrogens (primary N) is 1. The molecular weight excluding hydrogens is 194 g/mol. The predicted octanol–water partition coefficient (Wildman–Crippen LogP) is 0.0737. The van der Waals surface area contributed by atoms with Crippen molar-refractivity contribution in [2.24, 2.45) is 5.73 Å². The Bertz CT molecular complexity index is 179. The van der Waals surface area contributed by atoms with E-state index in [9.17, 15) is 13.6 Å². The molecule has 0 aliphatic heterocycles. The molecule has 0 radical (unpaired) electrons. The van der Waals surface area contributed by atoms with Crippen molar-refractivity contribution in [3.8, 4) is 0 Å². The van der Waals surface area contributed by atoms with Gasteiger partial charge in [0.2, 0.25) is 0 Å². The summed E-state index contributed by atoms with van der Waals surface area (Å²) in [7, 11) is 1.35. The lowest BCUT2D eigenvalue weighted by atomic mass is 10.3. The monoisotopic (exact) mass is 210 g/mol. The van der Waals surface area contributed by atoms with E-state index in [0.717, 1.165) is 4.90 Å². The van der Waals surface area contributed by atoms with E-state index < -0.39 is 25.0 Å². The van der Waals surface area contributed by atoms with Crippen molar-refractivity contribution in [2.45, 2.75) is 19.5 Å². The third kappa shape index (κ3) is 4.48. The Morgan fingerprint density at radius 1 is 1.57 bits per heavy atom. The molecule has 14 heavy (non-hydrogen) atoms. The summed E-state index contributed by atoms with van der Waals surface area (Å²) in [6.07, 6.45) is -3.25. The molecule has 0 spiro atoms. The van der Waals surface area contributed by atoms with Crippen LogP contribution in [0.1, 0.15) is 6.92 Å². The topological polar surface area (TPSA) is 55.6 Å². The molecule has 1 atom stereocenters. The number of carbonyl (C=O) groups excluding carboxylic acids is 1. The van der Waals surface area contributed by atoms with Gasteiger partial charge < -0.3 is 15.4 Å². The normalized spacial score (nSPS) is 13.0. The van der Waals surface area contributed by atoms with Gasteiger partial charge in [-0.25, -0.2) is 8.78 Å². The largest absolute Gasteiger partial charge is 0.372 e. The molecular formula is C8H16F2N2O2. The zero-order chi connectivity index (χ0) is 11.1. The Morgan fingerprint density at radius 3 is 2.50 bits per heavy atom. The molecule has 1 amide bonds. The van der Waals surface area contributed by atoms with E-state index in [1.54, 1.807) is 0 Å². The van der Waals surface area contributed by atoms with Crippen LogP contribution < -0.4 is 5.73 Å². The first kappa shape index (κ1) is 13.2. The van der Waals surface area contributed by atoms with Gasteiger partial charge in [0, 0.05) is 20.2 Å². The number of carbonyl (C=O) groups is 1. The fraction of sp³-hybridized carbons (Fsp3) is 0.875. The smallest absolute Gasteiger partial charge is 0.255 e. The maximum absolute atomic E-state index is 12.1. The van der Waals surface area contributed by atoms with Gasteiger partial charge in [0.15, 0.2) is 0 Å². The molecule has 0 saturated carbocycles. The minimum atomic E-state index is -2.55. The van der Waals surface area contributed by atoms with Crippen molar-refractivity contribution in [1.29, 1.82) is 0 Å². The van der Waals surface area contributed by atoms with Crippen LogP contribution in [0.4, 0.5) is 8.78 Å². The molecule has 0 aliphatic rings. The molecule has 4 nitrogen and oxygen atoms in total. The highest BCUT2D eigenvalue weighted by Crippen LogP contribution is 2.02. The number of amides is 1. The summed E-state index contributed by atoms with van der Waals surface area (Å²) in [6, 6.07) is 0. The van der Waals surface area contributed by atoms with Crippen LogP contribution in [0, 0.1) is 0 Å². The first-order chi connectivity index (χ1) is 6.52. The maximum atomic E-state index is 12.1. The predicted molar refractivity (Wildman–Crippen MR) is 48.1 cm³/mol. The molecule has 0 rings (SSSR count). The molecule has 0 aromatic carbocycles. The van der Waals surface area contributed by atoms with Crippen LogP contribution in [0.2, 0.25) is 0 Å². The van der Waals surface area contributed by atoms with Crippen LogP contribution in [-0.2, 0) is 9.53 Å². The van der Waals surface area contributed by atoms with Crippen molar-refractivity contribution in [2.75, 3.05) is 26.7 Å². The number of methoxy groups -OCH3 is 1. The summed E-state index contributed by atoms with van der Waals surface area (Å²) < 4.78 is 28.9. The number of rotatable bonds is 6. The Hall–Kier alpha value is -0.750. The van der Waals surface area contributed by atoms with Crippen molar-refractivity contribution in [3.63, 3.8) is 0 Å². The average Bonchev–Trinajstić information content (AvgIpc) is 2.14. The fourth-order valence-corrected chi connectivity index (χ4v) is 0.972. The summed E-state index contributed by atoms with van der Waals surface area (Å²) in [5.74, 6) is -0.460. The molecule has 1 unspecified atom stereocenters. The number of nitrogens with zero attached hydrogens (tertiary/aromatic N) is 1. The SMILES string of the molecule is COC(C)C(=O)N(CCN)CC(F)F. The number of hydrogen-bond donors (Lipinski definition) is 1. The van der Waals surface area contributed by atoms with Crippen LogP contribution in [0.25, 0.3) is 0 Å². The Kier molecular flexibility index (Phi) is 6.31. The van der Waals surface area contributed by atoms with Crippen LogP contribution in [0.3, 0.4) is 0 Å². The third-order valence-corrected chi connectivity index (χ3v) is 1.77. The Labute approximate surface area is 82.0 Å². The molecule has 2 N–H and O–H groups in total. The Balaban J connectivity index is 4.24. The second-order valence-electron chi connectivity index (χ2n) is 2.84. The van der Waals surface area contributed by atoms with E-state index in [2.05, 4.69) is 0 Å². The molecule has 0 aromatic heterocycles. The van der Waals surface area contributed by atoms with Crippen molar-refractivity contribution >= 4 is 5.91 Å². The van der Waals surface area contributed by atoms with Crippen molar-refractivity contribution in [3.05, 3.63) is 0 Å². The zero-order valence-electron chi connectivity index (χ0n) is 8.37. The average molecular weight is 210 g/mol. The standard InChI is InChI=1S/C8H16F2N2O2/c1-6(14-2)8(13)12(4-3-11)5-7(9)10/h6-7H,3-5,11H2,1-2H3. The molecule has 0 heterocycles. The highest BCUT2D eigenvalue weighted by molar-refractivity contribution is 5.80. The minimum absolute atomic E-state index is 0.122. The van der Waals surface area contributed by atoms with E-state index in [1.807, 2.05) is 0 Å². The van der Waals surface area contributed by atoms with E-state index in [1.165, 1.54) is 14.0 Å². The fourth-order valence-electron chi connectivity index (χ4n) is 0.972. The van der Waals surface area contributed by atoms with E-state index in [0.29, 0.717) is 0 Å². The van der Waals surface area contributed by atoms with Crippen LogP contribution in [-0.4, -0.2) is 50.1 Å². The minimum Gasteiger partial charge on any atom is -0.372 e. The van der Waals surface area contributed by atoms with Crippen molar-refractivity contribution < 1.29 is 18.3 Å².